The lowest BCUT2D eigenvalue weighted by Crippen LogP contribution is -2.44. The van der Waals surface area contributed by atoms with Crippen molar-refractivity contribution in [3.63, 3.8) is 0 Å². The van der Waals surface area contributed by atoms with Gasteiger partial charge in [-0.15, -0.1) is 0 Å². The molecule has 128 valence electrons. The summed E-state index contributed by atoms with van der Waals surface area (Å²) in [6.45, 7) is 6.57. The van der Waals surface area contributed by atoms with E-state index in [1.54, 1.807) is 18.7 Å². The first-order valence-electron chi connectivity index (χ1n) is 7.82. The van der Waals surface area contributed by atoms with E-state index >= 15 is 0 Å². The van der Waals surface area contributed by atoms with Gasteiger partial charge in [0, 0.05) is 18.2 Å². The Morgan fingerprint density at radius 3 is 2.88 bits per heavy atom. The number of aromatic nitrogens is 3. The van der Waals surface area contributed by atoms with Gasteiger partial charge in [-0.2, -0.15) is 0 Å². The maximum absolute atomic E-state index is 12.8. The van der Waals surface area contributed by atoms with E-state index in [0.717, 1.165) is 11.3 Å². The van der Waals surface area contributed by atoms with Crippen LogP contribution in [-0.2, 0) is 16.0 Å². The van der Waals surface area contributed by atoms with E-state index in [9.17, 15) is 9.59 Å². The average molecular weight is 332 g/mol. The molecule has 1 aliphatic heterocycles. The highest BCUT2D eigenvalue weighted by Gasteiger charge is 2.31. The van der Waals surface area contributed by atoms with E-state index in [1.165, 1.54) is 6.07 Å². The maximum atomic E-state index is 12.8. The molecule has 1 unspecified atom stereocenters. The SMILES string of the molecule is Cc1nc(C2COCCN2C(=O)Cc2c(C)noc2C)cc(=O)[nH]1. The highest BCUT2D eigenvalue weighted by Crippen LogP contribution is 2.24. The van der Waals surface area contributed by atoms with Gasteiger partial charge in [0.05, 0.1) is 37.1 Å². The van der Waals surface area contributed by atoms with E-state index in [4.69, 9.17) is 9.26 Å². The molecule has 2 aromatic rings. The number of hydrogen-bond donors (Lipinski definition) is 1. The van der Waals surface area contributed by atoms with Gasteiger partial charge in [0.2, 0.25) is 5.91 Å². The topological polar surface area (TPSA) is 101 Å². The molecule has 0 saturated carbocycles. The summed E-state index contributed by atoms with van der Waals surface area (Å²) in [6.07, 6.45) is 0.208. The quantitative estimate of drug-likeness (QED) is 0.893. The molecular formula is C16H20N4O4. The third kappa shape index (κ3) is 3.23. The van der Waals surface area contributed by atoms with Crippen molar-refractivity contribution in [1.29, 1.82) is 0 Å². The van der Waals surface area contributed by atoms with Crippen LogP contribution in [0.3, 0.4) is 0 Å². The minimum Gasteiger partial charge on any atom is -0.377 e. The van der Waals surface area contributed by atoms with Crippen LogP contribution in [0.2, 0.25) is 0 Å². The van der Waals surface area contributed by atoms with Crippen molar-refractivity contribution in [3.8, 4) is 0 Å². The Labute approximate surface area is 138 Å². The van der Waals surface area contributed by atoms with E-state index in [0.29, 0.717) is 37.0 Å². The molecule has 2 aromatic heterocycles. The second-order valence-corrected chi connectivity index (χ2v) is 5.91. The lowest BCUT2D eigenvalue weighted by atomic mass is 10.1. The minimum atomic E-state index is -0.368. The summed E-state index contributed by atoms with van der Waals surface area (Å²) in [6, 6.07) is 1.05. The van der Waals surface area contributed by atoms with Gasteiger partial charge in [-0.1, -0.05) is 5.16 Å². The van der Waals surface area contributed by atoms with E-state index in [2.05, 4.69) is 15.1 Å². The van der Waals surface area contributed by atoms with Gasteiger partial charge in [0.15, 0.2) is 0 Å². The molecule has 8 nitrogen and oxygen atoms in total. The van der Waals surface area contributed by atoms with E-state index in [-0.39, 0.29) is 23.9 Å². The average Bonchev–Trinajstić information content (AvgIpc) is 2.86. The molecule has 0 bridgehead atoms. The number of nitrogens with one attached hydrogen (secondary N) is 1. The molecular weight excluding hydrogens is 312 g/mol. The fraction of sp³-hybridized carbons (Fsp3) is 0.500. The van der Waals surface area contributed by atoms with E-state index < -0.39 is 0 Å². The number of nitrogens with zero attached hydrogens (tertiary/aromatic N) is 3. The van der Waals surface area contributed by atoms with Crippen molar-refractivity contribution >= 4 is 5.91 Å². The molecule has 1 amide bonds. The first-order chi connectivity index (χ1) is 11.5. The van der Waals surface area contributed by atoms with Crippen LogP contribution in [0, 0.1) is 20.8 Å². The van der Waals surface area contributed by atoms with Crippen LogP contribution in [0.1, 0.15) is 34.6 Å². The fourth-order valence-corrected chi connectivity index (χ4v) is 2.93. The van der Waals surface area contributed by atoms with Gasteiger partial charge in [0.25, 0.3) is 5.56 Å². The zero-order valence-electron chi connectivity index (χ0n) is 14.0. The number of rotatable bonds is 3. The first kappa shape index (κ1) is 16.4. The third-order valence-corrected chi connectivity index (χ3v) is 4.18. The predicted molar refractivity (Wildman–Crippen MR) is 84.5 cm³/mol. The number of carbonyl (C=O) groups is 1. The van der Waals surface area contributed by atoms with Crippen molar-refractivity contribution < 1.29 is 14.1 Å². The van der Waals surface area contributed by atoms with Gasteiger partial charge in [0.1, 0.15) is 11.6 Å². The summed E-state index contributed by atoms with van der Waals surface area (Å²) < 4.78 is 10.6. The highest BCUT2D eigenvalue weighted by molar-refractivity contribution is 5.79. The maximum Gasteiger partial charge on any atom is 0.251 e. The van der Waals surface area contributed by atoms with Crippen molar-refractivity contribution in [1.82, 2.24) is 20.0 Å². The zero-order chi connectivity index (χ0) is 17.3. The lowest BCUT2D eigenvalue weighted by Gasteiger charge is -2.35. The molecule has 0 spiro atoms. The van der Waals surface area contributed by atoms with Crippen molar-refractivity contribution in [2.75, 3.05) is 19.8 Å². The first-order valence-corrected chi connectivity index (χ1v) is 7.82. The summed E-state index contributed by atoms with van der Waals surface area (Å²) in [5.74, 6) is 1.11. The highest BCUT2D eigenvalue weighted by atomic mass is 16.5. The number of carbonyl (C=O) groups excluding carboxylic acids is 1. The molecule has 0 aromatic carbocycles. The second kappa shape index (κ2) is 6.56. The number of aryl methyl sites for hydroxylation is 3. The molecule has 1 N–H and O–H groups in total. The molecule has 1 saturated heterocycles. The van der Waals surface area contributed by atoms with Crippen LogP contribution in [0.4, 0.5) is 0 Å². The van der Waals surface area contributed by atoms with Gasteiger partial charge in [-0.25, -0.2) is 4.98 Å². The molecule has 0 radical (unpaired) electrons. The summed E-state index contributed by atoms with van der Waals surface area (Å²) in [5.41, 5.74) is 1.83. The summed E-state index contributed by atoms with van der Waals surface area (Å²) in [7, 11) is 0. The second-order valence-electron chi connectivity index (χ2n) is 5.91. The number of morpholine rings is 1. The van der Waals surface area contributed by atoms with Gasteiger partial charge in [-0.05, 0) is 20.8 Å². The largest absolute Gasteiger partial charge is 0.377 e. The van der Waals surface area contributed by atoms with Crippen molar-refractivity contribution in [2.24, 2.45) is 0 Å². The Bertz CT molecular complexity index is 791. The predicted octanol–water partition coefficient (Wildman–Crippen LogP) is 0.826. The lowest BCUT2D eigenvalue weighted by molar-refractivity contribution is -0.139. The van der Waals surface area contributed by atoms with Crippen LogP contribution in [0.15, 0.2) is 15.4 Å². The molecule has 1 aliphatic rings. The molecule has 1 atom stereocenters. The molecule has 3 rings (SSSR count). The van der Waals surface area contributed by atoms with Crippen LogP contribution in [0.5, 0.6) is 0 Å². The molecule has 1 fully saturated rings. The van der Waals surface area contributed by atoms with Crippen LogP contribution in [-0.4, -0.2) is 45.7 Å². The Balaban J connectivity index is 1.86. The molecule has 8 heteroatoms. The fourth-order valence-electron chi connectivity index (χ4n) is 2.93. The number of ether oxygens (including phenoxy) is 1. The van der Waals surface area contributed by atoms with Crippen LogP contribution in [0.25, 0.3) is 0 Å². The normalized spacial score (nSPS) is 18.0. The minimum absolute atomic E-state index is 0.0579. The van der Waals surface area contributed by atoms with Crippen LogP contribution >= 0.6 is 0 Å². The monoisotopic (exact) mass is 332 g/mol. The molecule has 0 aliphatic carbocycles. The summed E-state index contributed by atoms with van der Waals surface area (Å²) in [5, 5.41) is 3.89. The molecule has 3 heterocycles. The third-order valence-electron chi connectivity index (χ3n) is 4.18. The number of aromatic amines is 1. The Morgan fingerprint density at radius 1 is 1.42 bits per heavy atom. The van der Waals surface area contributed by atoms with Gasteiger partial charge < -0.3 is 19.1 Å². The Hall–Kier alpha value is -2.48. The molecule has 24 heavy (non-hydrogen) atoms. The Kier molecular flexibility index (Phi) is 4.48. The van der Waals surface area contributed by atoms with Crippen LogP contribution < -0.4 is 5.56 Å². The standard InChI is InChI=1S/C16H20N4O4/c1-9-12(10(2)24-19-9)6-16(22)20-4-5-23-8-14(20)13-7-15(21)18-11(3)17-13/h7,14H,4-6,8H2,1-3H3,(H,17,18,21). The Morgan fingerprint density at radius 2 is 2.21 bits per heavy atom. The summed E-state index contributed by atoms with van der Waals surface area (Å²) >= 11 is 0. The number of amides is 1. The van der Waals surface area contributed by atoms with Gasteiger partial charge >= 0.3 is 0 Å². The number of H-pyrrole nitrogens is 1. The van der Waals surface area contributed by atoms with Crippen molar-refractivity contribution in [3.05, 3.63) is 45.0 Å². The van der Waals surface area contributed by atoms with Gasteiger partial charge in [-0.3, -0.25) is 9.59 Å². The van der Waals surface area contributed by atoms with Crippen molar-refractivity contribution in [2.45, 2.75) is 33.2 Å². The smallest absolute Gasteiger partial charge is 0.251 e. The summed E-state index contributed by atoms with van der Waals surface area (Å²) in [4.78, 5) is 33.2. The van der Waals surface area contributed by atoms with E-state index in [1.807, 2.05) is 6.92 Å². The zero-order valence-corrected chi connectivity index (χ0v) is 14.0. The number of hydrogen-bond acceptors (Lipinski definition) is 6.